The highest BCUT2D eigenvalue weighted by Gasteiger charge is 2.42. The molecule has 3 N–H and O–H groups in total. The minimum Gasteiger partial charge on any atom is -0.370 e. The number of amides is 4. The van der Waals surface area contributed by atoms with Crippen molar-refractivity contribution in [3.05, 3.63) is 71.8 Å². The summed E-state index contributed by atoms with van der Waals surface area (Å²) in [6.07, 6.45) is 10.6. The lowest BCUT2D eigenvalue weighted by Crippen LogP contribution is -2.53. The van der Waals surface area contributed by atoms with Crippen LogP contribution >= 0.6 is 0 Å². The van der Waals surface area contributed by atoms with E-state index in [1.165, 1.54) is 47.9 Å². The average Bonchev–Trinajstić information content (AvgIpc) is 4.02. The van der Waals surface area contributed by atoms with E-state index in [-0.39, 0.29) is 42.2 Å². The van der Waals surface area contributed by atoms with E-state index in [4.69, 9.17) is 4.74 Å². The monoisotopic (exact) mass is 775 g/mol. The number of ether oxygens (including phenoxy) is 1. The first-order chi connectivity index (χ1) is 27.5. The van der Waals surface area contributed by atoms with Crippen molar-refractivity contribution in [3.63, 3.8) is 0 Å². The molecule has 3 atom stereocenters. The van der Waals surface area contributed by atoms with Crippen molar-refractivity contribution in [2.45, 2.75) is 116 Å². The summed E-state index contributed by atoms with van der Waals surface area (Å²) < 4.78 is 5.17. The molecule has 2 heterocycles. The Kier molecular flexibility index (Phi) is 12.5. The molecule has 3 fully saturated rings. The van der Waals surface area contributed by atoms with E-state index in [2.05, 4.69) is 52.3 Å². The van der Waals surface area contributed by atoms with Crippen LogP contribution in [0.3, 0.4) is 0 Å². The Bertz CT molecular complexity index is 1930. The Labute approximate surface area is 338 Å². The average molecular weight is 776 g/mol. The summed E-state index contributed by atoms with van der Waals surface area (Å²) in [7, 11) is 1.59. The zero-order valence-electron chi connectivity index (χ0n) is 34.5. The summed E-state index contributed by atoms with van der Waals surface area (Å²) >= 11 is 0. The molecule has 0 bridgehead atoms. The maximum absolute atomic E-state index is 13.6. The number of hydrogen-bond donors (Lipinski definition) is 3. The van der Waals surface area contributed by atoms with E-state index >= 15 is 0 Å². The standard InChI is InChI=1S/C47H61N5O5/c1-30(2)26-42(53)51-24-8-10-40(51)44(54)49-34-16-12-32(13-17-34)36-20-21-37(39-28-47(27-38(36)39)22-6-7-23-47)33-14-18-35(19-15-33)50-45(55)41-11-9-25-52(41)46(56)43(31(3)4)48-29-57-5/h12-21,30-31,40-41,43,48H,6-11,22-29H2,1-5H3,(H,49,54)(H,50,55). The molecule has 0 radical (unpaired) electrons. The van der Waals surface area contributed by atoms with Crippen LogP contribution < -0.4 is 16.0 Å². The van der Waals surface area contributed by atoms with Gasteiger partial charge in [-0.1, -0.05) is 76.9 Å². The molecule has 3 unspecified atom stereocenters. The van der Waals surface area contributed by atoms with Gasteiger partial charge in [-0.05, 0) is 126 Å². The summed E-state index contributed by atoms with van der Waals surface area (Å²) in [5.74, 6) is 0.0559. The first-order valence-corrected chi connectivity index (χ1v) is 21.3. The van der Waals surface area contributed by atoms with E-state index in [1.807, 2.05) is 52.0 Å². The number of anilines is 2. The second-order valence-electron chi connectivity index (χ2n) is 17.7. The fraction of sp³-hybridized carbons (Fsp3) is 0.532. The molecule has 0 aromatic heterocycles. The fourth-order valence-electron chi connectivity index (χ4n) is 9.91. The molecule has 304 valence electrons. The van der Waals surface area contributed by atoms with E-state index in [0.29, 0.717) is 37.8 Å². The highest BCUT2D eigenvalue weighted by Crippen LogP contribution is 2.53. The summed E-state index contributed by atoms with van der Waals surface area (Å²) in [6.45, 7) is 9.55. The molecular weight excluding hydrogens is 715 g/mol. The molecule has 57 heavy (non-hydrogen) atoms. The number of rotatable bonds is 13. The summed E-state index contributed by atoms with van der Waals surface area (Å²) in [4.78, 5) is 56.7. The zero-order chi connectivity index (χ0) is 40.3. The van der Waals surface area contributed by atoms with E-state index in [9.17, 15) is 19.2 Å². The number of carbonyl (C=O) groups excluding carboxylic acids is 4. The minimum atomic E-state index is -0.505. The van der Waals surface area contributed by atoms with Crippen LogP contribution in [0.1, 0.15) is 96.6 Å². The van der Waals surface area contributed by atoms with Crippen LogP contribution in [0.15, 0.2) is 60.7 Å². The molecule has 4 aliphatic rings. The molecule has 10 heteroatoms. The van der Waals surface area contributed by atoms with Gasteiger partial charge in [0.15, 0.2) is 0 Å². The van der Waals surface area contributed by atoms with Crippen molar-refractivity contribution in [2.24, 2.45) is 17.3 Å². The number of benzene rings is 3. The predicted molar refractivity (Wildman–Crippen MR) is 225 cm³/mol. The van der Waals surface area contributed by atoms with E-state index < -0.39 is 18.1 Å². The molecule has 3 aromatic carbocycles. The molecule has 10 nitrogen and oxygen atoms in total. The van der Waals surface area contributed by atoms with Crippen LogP contribution in [0.5, 0.6) is 0 Å². The summed E-state index contributed by atoms with van der Waals surface area (Å²) in [6, 6.07) is 19.5. The van der Waals surface area contributed by atoms with Gasteiger partial charge in [-0.15, -0.1) is 0 Å². The van der Waals surface area contributed by atoms with Crippen LogP contribution in [-0.4, -0.2) is 78.5 Å². The van der Waals surface area contributed by atoms with Gasteiger partial charge in [0, 0.05) is 38.0 Å². The zero-order valence-corrected chi connectivity index (χ0v) is 34.5. The summed E-state index contributed by atoms with van der Waals surface area (Å²) in [5.41, 5.74) is 9.33. The Morgan fingerprint density at radius 2 is 1.19 bits per heavy atom. The smallest absolute Gasteiger partial charge is 0.247 e. The summed E-state index contributed by atoms with van der Waals surface area (Å²) in [5, 5.41) is 9.38. The second-order valence-corrected chi connectivity index (χ2v) is 17.7. The first kappa shape index (κ1) is 40.6. The van der Waals surface area contributed by atoms with Gasteiger partial charge in [0.25, 0.3) is 0 Å². The molecule has 4 amide bonds. The van der Waals surface area contributed by atoms with Gasteiger partial charge in [-0.2, -0.15) is 0 Å². The van der Waals surface area contributed by atoms with Gasteiger partial charge in [0.2, 0.25) is 23.6 Å². The third-order valence-corrected chi connectivity index (χ3v) is 12.8. The second kappa shape index (κ2) is 17.5. The molecule has 3 aromatic rings. The van der Waals surface area contributed by atoms with Crippen LogP contribution in [0.25, 0.3) is 22.3 Å². The Balaban J connectivity index is 1.06. The lowest BCUT2D eigenvalue weighted by molar-refractivity contribution is -0.139. The van der Waals surface area contributed by atoms with Gasteiger partial charge in [0.05, 0.1) is 12.8 Å². The minimum absolute atomic E-state index is 0.0582. The molecule has 7 rings (SSSR count). The number of fused-ring (bicyclic) bond motifs is 1. The highest BCUT2D eigenvalue weighted by atomic mass is 16.5. The van der Waals surface area contributed by atoms with Crippen LogP contribution in [0.4, 0.5) is 11.4 Å². The van der Waals surface area contributed by atoms with E-state index in [0.717, 1.165) is 48.2 Å². The molecule has 1 spiro atoms. The fourth-order valence-corrected chi connectivity index (χ4v) is 9.91. The lowest BCUT2D eigenvalue weighted by atomic mass is 9.82. The number of methoxy groups -OCH3 is 1. The van der Waals surface area contributed by atoms with Crippen molar-refractivity contribution in [1.82, 2.24) is 15.1 Å². The molecule has 2 aliphatic heterocycles. The van der Waals surface area contributed by atoms with Crippen molar-refractivity contribution in [1.29, 1.82) is 0 Å². The third-order valence-electron chi connectivity index (χ3n) is 12.8. The number of nitrogens with zero attached hydrogens (tertiary/aromatic N) is 2. The van der Waals surface area contributed by atoms with E-state index in [1.54, 1.807) is 16.9 Å². The largest absolute Gasteiger partial charge is 0.370 e. The van der Waals surface area contributed by atoms with Gasteiger partial charge in [-0.25, -0.2) is 0 Å². The normalized spacial score (nSPS) is 20.4. The highest BCUT2D eigenvalue weighted by molar-refractivity contribution is 5.99. The number of nitrogens with one attached hydrogen (secondary N) is 3. The Morgan fingerprint density at radius 1 is 0.702 bits per heavy atom. The number of likely N-dealkylation sites (tertiary alicyclic amines) is 2. The van der Waals surface area contributed by atoms with Crippen LogP contribution in [0, 0.1) is 17.3 Å². The quantitative estimate of drug-likeness (QED) is 0.153. The Morgan fingerprint density at radius 3 is 1.67 bits per heavy atom. The predicted octanol–water partition coefficient (Wildman–Crippen LogP) is 7.80. The maximum Gasteiger partial charge on any atom is 0.247 e. The first-order valence-electron chi connectivity index (χ1n) is 21.3. The Hall–Kier alpha value is -4.54. The van der Waals surface area contributed by atoms with Crippen LogP contribution in [0.2, 0.25) is 0 Å². The number of carbonyl (C=O) groups is 4. The van der Waals surface area contributed by atoms with Gasteiger partial charge in [0.1, 0.15) is 12.1 Å². The van der Waals surface area contributed by atoms with Crippen molar-refractivity contribution in [2.75, 3.05) is 37.6 Å². The topological polar surface area (TPSA) is 120 Å². The van der Waals surface area contributed by atoms with Gasteiger partial charge < -0.3 is 25.2 Å². The molecule has 2 saturated heterocycles. The number of hydrogen-bond acceptors (Lipinski definition) is 6. The lowest BCUT2D eigenvalue weighted by Gasteiger charge is -2.30. The van der Waals surface area contributed by atoms with Crippen molar-refractivity contribution < 1.29 is 23.9 Å². The van der Waals surface area contributed by atoms with Crippen molar-refractivity contribution >= 4 is 35.0 Å². The SMILES string of the molecule is COCNC(C(=O)N1CCCC1C(=O)Nc1ccc(-c2ccc(-c3ccc(NC(=O)C4CCCN4C(=O)CC(C)C)cc3)c3c2CC2(CCCC2)C3)cc1)C(C)C. The molecule has 2 aliphatic carbocycles. The maximum atomic E-state index is 13.6. The van der Waals surface area contributed by atoms with Gasteiger partial charge >= 0.3 is 0 Å². The van der Waals surface area contributed by atoms with Crippen molar-refractivity contribution in [3.8, 4) is 22.3 Å². The van der Waals surface area contributed by atoms with Crippen LogP contribution in [-0.2, 0) is 36.8 Å². The third kappa shape index (κ3) is 8.82. The van der Waals surface area contributed by atoms with Gasteiger partial charge in [-0.3, -0.25) is 24.5 Å². The molecule has 1 saturated carbocycles. The molecular formula is C47H61N5O5.